The third kappa shape index (κ3) is 3.26. The quantitative estimate of drug-likeness (QED) is 0.790. The topological polar surface area (TPSA) is 71.0 Å². The summed E-state index contributed by atoms with van der Waals surface area (Å²) in [4.78, 5) is 28.0. The Labute approximate surface area is 151 Å². The zero-order valence-corrected chi connectivity index (χ0v) is 14.5. The van der Waals surface area contributed by atoms with Gasteiger partial charge in [0.2, 0.25) is 0 Å². The molecule has 0 bridgehead atoms. The molecular formula is C20H19N5O. The minimum Gasteiger partial charge on any atom is -0.332 e. The van der Waals surface area contributed by atoms with Crippen molar-refractivity contribution >= 4 is 17.5 Å². The molecule has 0 saturated heterocycles. The summed E-state index contributed by atoms with van der Waals surface area (Å²) in [6.45, 7) is 3.00. The van der Waals surface area contributed by atoms with Gasteiger partial charge >= 0.3 is 0 Å². The van der Waals surface area contributed by atoms with Gasteiger partial charge in [-0.1, -0.05) is 24.3 Å². The molecule has 3 heterocycles. The van der Waals surface area contributed by atoms with Gasteiger partial charge in [-0.15, -0.1) is 0 Å². The lowest BCUT2D eigenvalue weighted by Gasteiger charge is -2.29. The van der Waals surface area contributed by atoms with Crippen molar-refractivity contribution < 1.29 is 4.79 Å². The molecule has 1 aromatic carbocycles. The van der Waals surface area contributed by atoms with E-state index in [1.165, 1.54) is 0 Å². The van der Waals surface area contributed by atoms with Crippen LogP contribution in [0.5, 0.6) is 0 Å². The first-order chi connectivity index (χ1) is 12.7. The van der Waals surface area contributed by atoms with Crippen molar-refractivity contribution in [2.24, 2.45) is 0 Å². The Balaban J connectivity index is 1.61. The van der Waals surface area contributed by atoms with Crippen molar-refractivity contribution in [2.45, 2.75) is 19.9 Å². The van der Waals surface area contributed by atoms with Crippen LogP contribution in [0.25, 0.3) is 0 Å². The highest BCUT2D eigenvalue weighted by Crippen LogP contribution is 2.26. The first kappa shape index (κ1) is 16.2. The van der Waals surface area contributed by atoms with E-state index >= 15 is 0 Å². The number of aromatic nitrogens is 3. The number of hydrogen-bond acceptors (Lipinski definition) is 5. The minimum atomic E-state index is 0.0340. The molecule has 2 aromatic heterocycles. The van der Waals surface area contributed by atoms with Crippen LogP contribution in [-0.4, -0.2) is 32.3 Å². The predicted octanol–water partition coefficient (Wildman–Crippen LogP) is 3.12. The second kappa shape index (κ2) is 6.92. The van der Waals surface area contributed by atoms with E-state index in [4.69, 9.17) is 0 Å². The normalized spacial score (nSPS) is 13.2. The average molecular weight is 345 g/mol. The summed E-state index contributed by atoms with van der Waals surface area (Å²) in [6.07, 6.45) is 2.45. The molecule has 3 aromatic rings. The van der Waals surface area contributed by atoms with Crippen molar-refractivity contribution in [1.82, 2.24) is 19.9 Å². The monoisotopic (exact) mass is 345 g/mol. The van der Waals surface area contributed by atoms with Crippen LogP contribution >= 0.6 is 0 Å². The number of carbonyl (C=O) groups is 1. The molecule has 4 rings (SSSR count). The Hall–Kier alpha value is -3.28. The molecule has 6 nitrogen and oxygen atoms in total. The summed E-state index contributed by atoms with van der Waals surface area (Å²) >= 11 is 0. The molecule has 0 fully saturated rings. The fraction of sp³-hybridized carbons (Fsp3) is 0.200. The van der Waals surface area contributed by atoms with Crippen LogP contribution in [0.2, 0.25) is 0 Å². The van der Waals surface area contributed by atoms with Gasteiger partial charge in [0.1, 0.15) is 17.5 Å². The van der Waals surface area contributed by atoms with Gasteiger partial charge < -0.3 is 10.2 Å². The largest absolute Gasteiger partial charge is 0.332 e. The van der Waals surface area contributed by atoms with Gasteiger partial charge in [-0.25, -0.2) is 15.0 Å². The molecule has 0 radical (unpaired) electrons. The molecule has 1 N–H and O–H groups in total. The molecule has 6 heteroatoms. The second-order valence-corrected chi connectivity index (χ2v) is 6.23. The van der Waals surface area contributed by atoms with Gasteiger partial charge in [0.15, 0.2) is 0 Å². The van der Waals surface area contributed by atoms with Gasteiger partial charge in [-0.05, 0) is 37.6 Å². The van der Waals surface area contributed by atoms with Crippen molar-refractivity contribution in [3.8, 4) is 0 Å². The van der Waals surface area contributed by atoms with Gasteiger partial charge in [0, 0.05) is 23.9 Å². The minimum absolute atomic E-state index is 0.0340. The maximum atomic E-state index is 12.7. The van der Waals surface area contributed by atoms with E-state index in [1.54, 1.807) is 6.20 Å². The van der Waals surface area contributed by atoms with Crippen LogP contribution in [0.3, 0.4) is 0 Å². The summed E-state index contributed by atoms with van der Waals surface area (Å²) in [5.74, 6) is 2.23. The lowest BCUT2D eigenvalue weighted by Crippen LogP contribution is -2.37. The number of rotatable bonds is 3. The summed E-state index contributed by atoms with van der Waals surface area (Å²) in [7, 11) is 0. The number of hydrogen-bond donors (Lipinski definition) is 1. The third-order valence-corrected chi connectivity index (χ3v) is 4.40. The molecule has 0 atom stereocenters. The fourth-order valence-corrected chi connectivity index (χ4v) is 3.15. The zero-order chi connectivity index (χ0) is 17.9. The molecule has 0 aliphatic carbocycles. The highest BCUT2D eigenvalue weighted by atomic mass is 16.2. The SMILES string of the molecule is Cc1nc2c(c(Nc3ccccn3)n1)CCN(C(=O)c1ccccc1)C2. The zero-order valence-electron chi connectivity index (χ0n) is 14.5. The summed E-state index contributed by atoms with van der Waals surface area (Å²) < 4.78 is 0. The van der Waals surface area contributed by atoms with Gasteiger partial charge in [-0.2, -0.15) is 0 Å². The summed E-state index contributed by atoms with van der Waals surface area (Å²) in [5.41, 5.74) is 2.65. The molecule has 0 saturated carbocycles. The van der Waals surface area contributed by atoms with Gasteiger partial charge in [-0.3, -0.25) is 4.79 Å². The van der Waals surface area contributed by atoms with Gasteiger partial charge in [0.25, 0.3) is 5.91 Å². The number of nitrogens with one attached hydrogen (secondary N) is 1. The highest BCUT2D eigenvalue weighted by Gasteiger charge is 2.25. The maximum Gasteiger partial charge on any atom is 0.254 e. The number of pyridine rings is 1. The molecule has 1 aliphatic rings. The smallest absolute Gasteiger partial charge is 0.254 e. The second-order valence-electron chi connectivity index (χ2n) is 6.23. The van der Waals surface area contributed by atoms with E-state index in [1.807, 2.05) is 60.4 Å². The van der Waals surface area contributed by atoms with Crippen molar-refractivity contribution in [3.63, 3.8) is 0 Å². The summed E-state index contributed by atoms with van der Waals surface area (Å²) in [5, 5.41) is 3.28. The van der Waals surface area contributed by atoms with Crippen LogP contribution < -0.4 is 5.32 Å². The molecule has 0 spiro atoms. The summed E-state index contributed by atoms with van der Waals surface area (Å²) in [6, 6.07) is 15.1. The van der Waals surface area contributed by atoms with E-state index < -0.39 is 0 Å². The highest BCUT2D eigenvalue weighted by molar-refractivity contribution is 5.94. The third-order valence-electron chi connectivity index (χ3n) is 4.40. The molecule has 0 unspecified atom stereocenters. The standard InChI is InChI=1S/C20H19N5O/c1-14-22-17-13-25(20(26)15-7-3-2-4-8-15)12-10-16(17)19(23-14)24-18-9-5-6-11-21-18/h2-9,11H,10,12-13H2,1H3,(H,21,22,23,24). The first-order valence-electron chi connectivity index (χ1n) is 8.59. The van der Waals surface area contributed by atoms with E-state index in [0.717, 1.165) is 22.9 Å². The number of aryl methyl sites for hydroxylation is 1. The van der Waals surface area contributed by atoms with E-state index in [2.05, 4.69) is 20.3 Å². The lowest BCUT2D eigenvalue weighted by molar-refractivity contribution is 0.0731. The predicted molar refractivity (Wildman–Crippen MR) is 99.2 cm³/mol. The maximum absolute atomic E-state index is 12.7. The van der Waals surface area contributed by atoms with Crippen molar-refractivity contribution in [2.75, 3.05) is 11.9 Å². The Bertz CT molecular complexity index is 928. The van der Waals surface area contributed by atoms with Crippen LogP contribution in [0.4, 0.5) is 11.6 Å². The van der Waals surface area contributed by atoms with Gasteiger partial charge in [0.05, 0.1) is 12.2 Å². The first-order valence-corrected chi connectivity index (χ1v) is 8.59. The number of carbonyl (C=O) groups excluding carboxylic acids is 1. The Morgan fingerprint density at radius 1 is 1.08 bits per heavy atom. The Morgan fingerprint density at radius 2 is 1.88 bits per heavy atom. The van der Waals surface area contributed by atoms with Crippen LogP contribution in [0.15, 0.2) is 54.7 Å². The average Bonchev–Trinajstić information content (AvgIpc) is 2.68. The molecule has 1 amide bonds. The molecule has 130 valence electrons. The van der Waals surface area contributed by atoms with Crippen LogP contribution in [0.1, 0.15) is 27.4 Å². The lowest BCUT2D eigenvalue weighted by atomic mass is 10.0. The van der Waals surface area contributed by atoms with Crippen LogP contribution in [-0.2, 0) is 13.0 Å². The van der Waals surface area contributed by atoms with E-state index in [0.29, 0.717) is 30.9 Å². The fourth-order valence-electron chi connectivity index (χ4n) is 3.15. The Kier molecular flexibility index (Phi) is 4.31. The number of fused-ring (bicyclic) bond motifs is 1. The molecule has 26 heavy (non-hydrogen) atoms. The number of nitrogens with zero attached hydrogens (tertiary/aromatic N) is 4. The van der Waals surface area contributed by atoms with Crippen LogP contribution in [0, 0.1) is 6.92 Å². The van der Waals surface area contributed by atoms with E-state index in [9.17, 15) is 4.79 Å². The number of benzene rings is 1. The number of amides is 1. The number of anilines is 2. The molecular weight excluding hydrogens is 326 g/mol. The Morgan fingerprint density at radius 3 is 2.65 bits per heavy atom. The van der Waals surface area contributed by atoms with Crippen molar-refractivity contribution in [3.05, 3.63) is 77.4 Å². The van der Waals surface area contributed by atoms with E-state index in [-0.39, 0.29) is 5.91 Å². The van der Waals surface area contributed by atoms with Crippen molar-refractivity contribution in [1.29, 1.82) is 0 Å². The molecule has 1 aliphatic heterocycles.